The van der Waals surface area contributed by atoms with Crippen molar-refractivity contribution in [2.75, 3.05) is 33.8 Å². The van der Waals surface area contributed by atoms with Gasteiger partial charge in [-0.05, 0) is 112 Å². The number of esters is 1. The van der Waals surface area contributed by atoms with E-state index in [2.05, 4.69) is 25.9 Å². The lowest BCUT2D eigenvalue weighted by molar-refractivity contribution is -0.335. The number of carbonyl (C=O) groups is 1. The summed E-state index contributed by atoms with van der Waals surface area (Å²) in [5.41, 5.74) is -6.04. The number of halogens is 1. The minimum atomic E-state index is -1.83. The first-order valence-electron chi connectivity index (χ1n) is 22.5. The summed E-state index contributed by atoms with van der Waals surface area (Å²) in [6, 6.07) is -0.886. The van der Waals surface area contributed by atoms with Crippen molar-refractivity contribution in [2.45, 2.75) is 198 Å². The number of likely N-dealkylation sites (N-methyl/N-ethyl adjacent to an activating group) is 1. The Kier molecular flexibility index (Phi) is 18.8. The number of rotatable bonds is 13. The van der Waals surface area contributed by atoms with Crippen molar-refractivity contribution in [3.63, 3.8) is 0 Å². The maximum Gasteiger partial charge on any atom is 0.311 e. The molecule has 3 aliphatic heterocycles. The lowest BCUT2D eigenvalue weighted by Gasteiger charge is -2.53. The average Bonchev–Trinajstić information content (AvgIpc) is 3.22. The molecule has 0 aliphatic carbocycles. The van der Waals surface area contributed by atoms with Crippen LogP contribution in [0.3, 0.4) is 0 Å². The zero-order valence-corrected chi connectivity index (χ0v) is 40.0. The molecule has 1 aromatic heterocycles. The first kappa shape index (κ1) is 52.8. The minimum Gasteiger partial charge on any atom is -0.480 e. The molecule has 18 atom stereocenters. The summed E-state index contributed by atoms with van der Waals surface area (Å²) < 4.78 is 45.6. The molecule has 62 heavy (non-hydrogen) atoms. The van der Waals surface area contributed by atoms with Crippen LogP contribution in [0.4, 0.5) is 0 Å². The molecule has 18 heteroatoms. The van der Waals surface area contributed by atoms with Crippen molar-refractivity contribution in [1.29, 1.82) is 0 Å². The molecule has 3 saturated heterocycles. The van der Waals surface area contributed by atoms with Crippen LogP contribution in [0.2, 0.25) is 5.28 Å². The van der Waals surface area contributed by atoms with Crippen molar-refractivity contribution in [1.82, 2.24) is 25.9 Å². The van der Waals surface area contributed by atoms with Crippen LogP contribution in [0.15, 0.2) is 12.4 Å². The normalized spacial score (nSPS) is 44.2. The van der Waals surface area contributed by atoms with Crippen LogP contribution in [0.1, 0.15) is 108 Å². The smallest absolute Gasteiger partial charge is 0.311 e. The van der Waals surface area contributed by atoms with Crippen molar-refractivity contribution < 1.29 is 58.4 Å². The predicted octanol–water partition coefficient (Wildman–Crippen LogP) is 3.12. The van der Waals surface area contributed by atoms with Gasteiger partial charge in [-0.3, -0.25) is 4.79 Å². The van der Waals surface area contributed by atoms with Gasteiger partial charge in [0, 0.05) is 32.0 Å². The lowest BCUT2D eigenvalue weighted by atomic mass is 9.75. The highest BCUT2D eigenvalue weighted by Crippen LogP contribution is 2.43. The van der Waals surface area contributed by atoms with Gasteiger partial charge in [0.1, 0.15) is 29.0 Å². The van der Waals surface area contributed by atoms with Crippen molar-refractivity contribution >= 4 is 17.6 Å². The molecular weight excluding hydrogens is 826 g/mol. The Hall–Kier alpha value is -1.84. The highest BCUT2D eigenvalue weighted by atomic mass is 35.5. The van der Waals surface area contributed by atoms with E-state index in [1.807, 2.05) is 41.7 Å². The van der Waals surface area contributed by atoms with Crippen LogP contribution in [0.25, 0.3) is 0 Å². The van der Waals surface area contributed by atoms with Gasteiger partial charge in [-0.15, -0.1) is 0 Å². The van der Waals surface area contributed by atoms with Gasteiger partial charge in [0.05, 0.1) is 54.4 Å². The van der Waals surface area contributed by atoms with Crippen molar-refractivity contribution in [3.05, 3.63) is 17.7 Å². The van der Waals surface area contributed by atoms with E-state index in [0.717, 1.165) is 6.42 Å². The minimum absolute atomic E-state index is 0.0594. The number of nitrogens with one attached hydrogen (secondary N) is 3. The number of ether oxygens (including phenoxy) is 7. The molecule has 7 N–H and O–H groups in total. The van der Waals surface area contributed by atoms with Gasteiger partial charge in [-0.1, -0.05) is 27.7 Å². The van der Waals surface area contributed by atoms with Crippen LogP contribution >= 0.6 is 11.6 Å². The van der Waals surface area contributed by atoms with E-state index in [9.17, 15) is 25.2 Å². The number of hydrogen-bond donors (Lipinski definition) is 7. The summed E-state index contributed by atoms with van der Waals surface area (Å²) >= 11 is 6.00. The Labute approximate surface area is 374 Å². The molecule has 0 bridgehead atoms. The van der Waals surface area contributed by atoms with Crippen molar-refractivity contribution in [2.24, 2.45) is 17.8 Å². The van der Waals surface area contributed by atoms with Gasteiger partial charge in [-0.2, -0.15) is 0 Å². The Bertz CT molecular complexity index is 1550. The van der Waals surface area contributed by atoms with E-state index in [0.29, 0.717) is 25.3 Å². The number of cyclic esters (lactones) is 1. The van der Waals surface area contributed by atoms with E-state index in [1.54, 1.807) is 34.6 Å². The predicted molar refractivity (Wildman–Crippen MR) is 232 cm³/mol. The zero-order chi connectivity index (χ0) is 46.4. The van der Waals surface area contributed by atoms with Crippen molar-refractivity contribution in [3.8, 4) is 5.75 Å². The van der Waals surface area contributed by atoms with Gasteiger partial charge in [0.25, 0.3) is 0 Å². The van der Waals surface area contributed by atoms with Crippen LogP contribution in [0.5, 0.6) is 5.75 Å². The second-order valence-corrected chi connectivity index (χ2v) is 19.2. The van der Waals surface area contributed by atoms with E-state index in [1.165, 1.54) is 26.4 Å². The Morgan fingerprint density at radius 3 is 2.24 bits per heavy atom. The maximum absolute atomic E-state index is 14.5. The Balaban J connectivity index is 1.84. The maximum atomic E-state index is 14.5. The number of nitrogens with zero attached hydrogens (tertiary/aromatic N) is 2. The largest absolute Gasteiger partial charge is 0.480 e. The fourth-order valence-electron chi connectivity index (χ4n) is 9.64. The quantitative estimate of drug-likeness (QED) is 0.0858. The molecule has 0 radical (unpaired) electrons. The number of aliphatic hydroxyl groups excluding tert-OH is 1. The summed E-state index contributed by atoms with van der Waals surface area (Å²) in [7, 11) is 3.36. The van der Waals surface area contributed by atoms with Crippen LogP contribution < -0.4 is 20.7 Å². The Morgan fingerprint density at radius 2 is 1.65 bits per heavy atom. The third-order valence-electron chi connectivity index (χ3n) is 13.6. The summed E-state index contributed by atoms with van der Waals surface area (Å²) in [5, 5.41) is 58.2. The fraction of sp³-hybridized carbons (Fsp3) is 0.886. The number of methoxy groups -OCH3 is 1. The van der Waals surface area contributed by atoms with Crippen LogP contribution in [0, 0.1) is 17.8 Å². The highest BCUT2D eigenvalue weighted by Gasteiger charge is 2.58. The molecule has 10 unspecified atom stereocenters. The molecule has 0 aromatic carbocycles. The molecule has 358 valence electrons. The standard InChI is InChI=1S/C44H78ClN5O12/c1-14-16-47-23-44(55)29(8)58-33(19-42(44,10)56-13)61-34-26(5)37(62-39-35(31(46-12)17-25(4)57-39)59-30-21-49-40(45)50-22-30)41(9,53)18-24(3)20-48-28(7)36(51)43(11,54)32(15-2)60-38(52)27(34)6/h21-22,24-29,31-37,39,46-48,51,53-55H,14-20,23H2,1-13H3/t24?,25-,26?,27?,28?,29+,31+,32?,33+,34?,35-,36?,37?,39+,41?,42-,43?,44+/m1/s1. The second kappa shape index (κ2) is 22.1. The van der Waals surface area contributed by atoms with Gasteiger partial charge >= 0.3 is 5.97 Å². The van der Waals surface area contributed by atoms with E-state index < -0.39 is 95.5 Å². The average molecular weight is 905 g/mol. The summed E-state index contributed by atoms with van der Waals surface area (Å²) in [5.74, 6) is -2.41. The number of hydrogen-bond acceptors (Lipinski definition) is 17. The highest BCUT2D eigenvalue weighted by molar-refractivity contribution is 6.28. The summed E-state index contributed by atoms with van der Waals surface area (Å²) in [6.07, 6.45) is -3.63. The van der Waals surface area contributed by atoms with Gasteiger partial charge < -0.3 is 69.5 Å². The summed E-state index contributed by atoms with van der Waals surface area (Å²) in [4.78, 5) is 22.7. The van der Waals surface area contributed by atoms with Gasteiger partial charge in [0.15, 0.2) is 24.4 Å². The molecule has 3 fully saturated rings. The molecule has 4 heterocycles. The third-order valence-corrected chi connectivity index (χ3v) is 13.8. The molecule has 17 nitrogen and oxygen atoms in total. The Morgan fingerprint density at radius 1 is 0.984 bits per heavy atom. The fourth-order valence-corrected chi connectivity index (χ4v) is 9.74. The molecule has 1 aromatic rings. The molecule has 4 rings (SSSR count). The van der Waals surface area contributed by atoms with Crippen LogP contribution in [-0.4, -0.2) is 160 Å². The number of carbonyl (C=O) groups excluding carboxylic acids is 1. The lowest BCUT2D eigenvalue weighted by Crippen LogP contribution is -2.70. The molecular formula is C44H78ClN5O12. The topological polar surface area (TPSA) is 224 Å². The molecule has 0 spiro atoms. The van der Waals surface area contributed by atoms with Gasteiger partial charge in [0.2, 0.25) is 5.28 Å². The third kappa shape index (κ3) is 12.1. The first-order chi connectivity index (χ1) is 29.0. The van der Waals surface area contributed by atoms with E-state index in [4.69, 9.17) is 44.8 Å². The summed E-state index contributed by atoms with van der Waals surface area (Å²) in [6.45, 7) is 20.9. The SMILES string of the molecule is CCCNC[C@]1(O)[C@H](C)O[C@@H](OC2C(C)C(=O)OC(CC)C(C)(O)C(O)C(C)NCC(C)CC(C)(O)C(O[C@@H]3O[C@H](C)C[C@H](NC)[C@H]3Oc3cnc(Cl)nc3)C2C)C[C@@]1(C)OC. The molecule has 0 saturated carbocycles. The van der Waals surface area contributed by atoms with Crippen LogP contribution in [-0.2, 0) is 33.2 Å². The monoisotopic (exact) mass is 904 g/mol. The van der Waals surface area contributed by atoms with E-state index >= 15 is 0 Å². The van der Waals surface area contributed by atoms with E-state index in [-0.39, 0.29) is 49.2 Å². The first-order valence-corrected chi connectivity index (χ1v) is 22.8. The molecule has 3 aliphatic rings. The zero-order valence-electron chi connectivity index (χ0n) is 39.2. The second-order valence-electron chi connectivity index (χ2n) is 18.8. The van der Waals surface area contributed by atoms with Gasteiger partial charge in [-0.25, -0.2) is 9.97 Å². The number of aromatic nitrogens is 2. The molecule has 0 amide bonds. The number of aliphatic hydroxyl groups is 4.